The van der Waals surface area contributed by atoms with Gasteiger partial charge in [0, 0.05) is 12.1 Å². The van der Waals surface area contributed by atoms with Crippen molar-refractivity contribution in [2.45, 2.75) is 69.9 Å². The van der Waals surface area contributed by atoms with Crippen LogP contribution in [0.2, 0.25) is 0 Å². The summed E-state index contributed by atoms with van der Waals surface area (Å²) in [4.78, 5) is 0. The van der Waals surface area contributed by atoms with Gasteiger partial charge in [-0.05, 0) is 66.3 Å². The van der Waals surface area contributed by atoms with Crippen molar-refractivity contribution < 1.29 is 57.8 Å². The summed E-state index contributed by atoms with van der Waals surface area (Å²) < 4.78 is 158. The maximum Gasteiger partial charge on any atom is 0.527 e. The van der Waals surface area contributed by atoms with Crippen LogP contribution in [0.3, 0.4) is 0 Å². The van der Waals surface area contributed by atoms with Gasteiger partial charge < -0.3 is 4.74 Å². The van der Waals surface area contributed by atoms with Gasteiger partial charge in [-0.25, -0.2) is 22.3 Å². The highest BCUT2D eigenvalue weighted by atomic mass is 19.4. The van der Waals surface area contributed by atoms with Crippen LogP contribution in [0.25, 0.3) is 11.1 Å². The van der Waals surface area contributed by atoms with Crippen LogP contribution in [0, 0.1) is 29.2 Å². The Morgan fingerprint density at radius 2 is 1.14 bits per heavy atom. The number of benzene rings is 3. The topological polar surface area (TPSA) is 18.5 Å². The van der Waals surface area contributed by atoms with E-state index in [1.165, 1.54) is 6.42 Å². The van der Waals surface area contributed by atoms with E-state index in [1.54, 1.807) is 24.3 Å². The molecule has 3 aromatic carbocycles. The fraction of sp³-hybridized carbons (Fsp3) is 0.400. The normalized spacial score (nSPS) is 18.1. The van der Waals surface area contributed by atoms with E-state index in [0.717, 1.165) is 37.7 Å². The fourth-order valence-electron chi connectivity index (χ4n) is 5.44. The molecule has 0 aliphatic heterocycles. The molecule has 13 heteroatoms. The average Bonchev–Trinajstić information content (AvgIpc) is 2.86. The molecule has 234 valence electrons. The minimum Gasteiger partial charge on any atom is -0.429 e. The Morgan fingerprint density at radius 1 is 0.651 bits per heavy atom. The van der Waals surface area contributed by atoms with E-state index in [2.05, 4.69) is 16.4 Å². The Hall–Kier alpha value is -3.35. The van der Waals surface area contributed by atoms with Crippen molar-refractivity contribution in [2.75, 3.05) is 0 Å². The van der Waals surface area contributed by atoms with Gasteiger partial charge >= 0.3 is 18.6 Å². The first-order valence-corrected chi connectivity index (χ1v) is 13.3. The van der Waals surface area contributed by atoms with Crippen LogP contribution in [0.15, 0.2) is 48.5 Å². The first kappa shape index (κ1) is 32.6. The van der Waals surface area contributed by atoms with Crippen LogP contribution in [0.4, 0.5) is 48.3 Å². The highest BCUT2D eigenvalue weighted by Gasteiger charge is 2.50. The molecule has 0 amide bonds. The number of ether oxygens (including phenoxy) is 2. The lowest BCUT2D eigenvalue weighted by atomic mass is 9.77. The molecule has 1 aliphatic carbocycles. The molecular formula is C30H25F11O2. The first-order valence-electron chi connectivity index (χ1n) is 13.3. The summed E-state index contributed by atoms with van der Waals surface area (Å²) in [6.45, 7) is 2.15. The number of hydrogen-bond donors (Lipinski definition) is 0. The van der Waals surface area contributed by atoms with E-state index in [1.807, 2.05) is 0 Å². The lowest BCUT2D eigenvalue weighted by Gasteiger charge is -2.28. The van der Waals surface area contributed by atoms with Crippen LogP contribution < -0.4 is 4.74 Å². The second-order valence-corrected chi connectivity index (χ2v) is 10.4. The Kier molecular flexibility index (Phi) is 9.34. The zero-order valence-corrected chi connectivity index (χ0v) is 22.5. The molecular weight excluding hydrogens is 601 g/mol. The monoisotopic (exact) mass is 626 g/mol. The summed E-state index contributed by atoms with van der Waals surface area (Å²) in [5.74, 6) is -8.99. The predicted octanol–water partition coefficient (Wildman–Crippen LogP) is 10.7. The highest BCUT2D eigenvalue weighted by molar-refractivity contribution is 5.64. The van der Waals surface area contributed by atoms with Gasteiger partial charge in [0.05, 0.1) is 0 Å². The summed E-state index contributed by atoms with van der Waals surface area (Å²) in [5.41, 5.74) is -3.23. The molecule has 43 heavy (non-hydrogen) atoms. The molecule has 1 fully saturated rings. The zero-order chi connectivity index (χ0) is 31.7. The van der Waals surface area contributed by atoms with Crippen molar-refractivity contribution in [1.29, 1.82) is 0 Å². The molecule has 0 unspecified atom stereocenters. The van der Waals surface area contributed by atoms with Crippen molar-refractivity contribution in [1.82, 2.24) is 0 Å². The molecule has 1 saturated carbocycles. The first-order chi connectivity index (χ1) is 20.0. The molecule has 0 bridgehead atoms. The third-order valence-electron chi connectivity index (χ3n) is 7.39. The number of hydrogen-bond acceptors (Lipinski definition) is 2. The predicted molar refractivity (Wildman–Crippen MR) is 133 cm³/mol. The molecule has 2 nitrogen and oxygen atoms in total. The van der Waals surface area contributed by atoms with Crippen molar-refractivity contribution in [3.05, 3.63) is 88.5 Å². The number of halogens is 11. The smallest absolute Gasteiger partial charge is 0.429 e. The Balaban J connectivity index is 1.53. The minimum atomic E-state index is -6.01. The summed E-state index contributed by atoms with van der Waals surface area (Å²) >= 11 is 0. The van der Waals surface area contributed by atoms with Gasteiger partial charge in [-0.15, -0.1) is 13.2 Å². The number of alkyl halides is 7. The zero-order valence-electron chi connectivity index (χ0n) is 22.5. The van der Waals surface area contributed by atoms with E-state index in [-0.39, 0.29) is 17.7 Å². The van der Waals surface area contributed by atoms with Gasteiger partial charge in [-0.2, -0.15) is 17.6 Å². The van der Waals surface area contributed by atoms with Gasteiger partial charge in [0.2, 0.25) is 0 Å². The average molecular weight is 627 g/mol. The maximum atomic E-state index is 14.8. The molecule has 0 saturated heterocycles. The molecule has 0 spiro atoms. The third kappa shape index (κ3) is 7.60. The highest BCUT2D eigenvalue weighted by Crippen LogP contribution is 2.43. The van der Waals surface area contributed by atoms with Crippen LogP contribution >= 0.6 is 0 Å². The van der Waals surface area contributed by atoms with Crippen LogP contribution in [-0.4, -0.2) is 6.36 Å². The van der Waals surface area contributed by atoms with E-state index in [0.29, 0.717) is 29.5 Å². The Morgan fingerprint density at radius 3 is 1.63 bits per heavy atom. The van der Waals surface area contributed by atoms with Crippen LogP contribution in [-0.2, 0) is 17.0 Å². The largest absolute Gasteiger partial charge is 0.527 e. The second kappa shape index (κ2) is 12.3. The molecule has 4 rings (SSSR count). The van der Waals surface area contributed by atoms with Gasteiger partial charge in [0.25, 0.3) is 0 Å². The van der Waals surface area contributed by atoms with Crippen LogP contribution in [0.1, 0.15) is 68.1 Å². The summed E-state index contributed by atoms with van der Waals surface area (Å²) in [6.07, 6.45) is -9.97. The van der Waals surface area contributed by atoms with E-state index in [4.69, 9.17) is 0 Å². The fourth-order valence-corrected chi connectivity index (χ4v) is 5.44. The van der Waals surface area contributed by atoms with Crippen molar-refractivity contribution in [3.8, 4) is 16.9 Å². The van der Waals surface area contributed by atoms with Gasteiger partial charge in [-0.3, -0.25) is 0 Å². The van der Waals surface area contributed by atoms with E-state index >= 15 is 0 Å². The lowest BCUT2D eigenvalue weighted by molar-refractivity contribution is -0.432. The summed E-state index contributed by atoms with van der Waals surface area (Å²) in [7, 11) is 0. The van der Waals surface area contributed by atoms with Crippen molar-refractivity contribution in [2.24, 2.45) is 5.92 Å². The molecule has 0 atom stereocenters. The van der Waals surface area contributed by atoms with Gasteiger partial charge in [0.15, 0.2) is 0 Å². The molecule has 0 radical (unpaired) electrons. The summed E-state index contributed by atoms with van der Waals surface area (Å²) in [5, 5.41) is 0. The summed E-state index contributed by atoms with van der Waals surface area (Å²) in [6, 6.07) is 7.39. The maximum absolute atomic E-state index is 14.8. The Bertz CT molecular complexity index is 1380. The van der Waals surface area contributed by atoms with E-state index in [9.17, 15) is 48.3 Å². The molecule has 0 aromatic heterocycles. The number of rotatable bonds is 9. The molecule has 1 aliphatic rings. The Labute approximate surface area is 239 Å². The minimum absolute atomic E-state index is 0.0962. The lowest BCUT2D eigenvalue weighted by Crippen LogP contribution is -2.30. The quantitative estimate of drug-likeness (QED) is 0.220. The second-order valence-electron chi connectivity index (χ2n) is 10.4. The van der Waals surface area contributed by atoms with Crippen molar-refractivity contribution >= 4 is 0 Å². The standard InChI is InChI=1S/C30H25F11O2/c1-2-3-16-4-6-17(7-5-16)18-8-10-19(11-9-18)20-12-22(31)26(23(32)13-20)28(35,36)42-21-14-24(33)27(25(34)15-21)29(37,38)43-30(39,40)41/h8-17H,2-7H2,1H3. The van der Waals surface area contributed by atoms with E-state index < -0.39 is 58.7 Å². The third-order valence-corrected chi connectivity index (χ3v) is 7.39. The molecule has 0 N–H and O–H groups in total. The molecule has 0 heterocycles. The van der Waals surface area contributed by atoms with Crippen LogP contribution in [0.5, 0.6) is 5.75 Å². The SMILES string of the molecule is CCCC1CCC(c2ccc(-c3cc(F)c(C(F)(F)Oc4cc(F)c(C(F)(F)OC(F)(F)F)c(F)c4)c(F)c3)cc2)CC1. The van der Waals surface area contributed by atoms with Gasteiger partial charge in [-0.1, -0.05) is 44.0 Å². The molecule has 3 aromatic rings. The van der Waals surface area contributed by atoms with Gasteiger partial charge in [0.1, 0.15) is 40.1 Å². The van der Waals surface area contributed by atoms with Crippen molar-refractivity contribution in [3.63, 3.8) is 0 Å².